The highest BCUT2D eigenvalue weighted by Crippen LogP contribution is 2.25. The Morgan fingerprint density at radius 2 is 1.89 bits per heavy atom. The molecule has 3 rings (SSSR count). The Morgan fingerprint density at radius 3 is 2.67 bits per heavy atom. The molecule has 1 heterocycles. The number of hydrogen-bond donors (Lipinski definition) is 4. The van der Waals surface area contributed by atoms with Crippen molar-refractivity contribution in [3.63, 3.8) is 0 Å². The fraction of sp³-hybridized carbons (Fsp3) is 0.211. The lowest BCUT2D eigenvalue weighted by Gasteiger charge is -2.17. The van der Waals surface area contributed by atoms with Gasteiger partial charge in [0, 0.05) is 5.69 Å². The number of carbonyl (C=O) groups excluding carboxylic acids is 1. The van der Waals surface area contributed by atoms with E-state index in [0.717, 1.165) is 21.5 Å². The van der Waals surface area contributed by atoms with Crippen LogP contribution in [-0.4, -0.2) is 22.0 Å². The van der Waals surface area contributed by atoms with Crippen molar-refractivity contribution in [2.75, 3.05) is 10.6 Å². The molecule has 0 aliphatic heterocycles. The Kier molecular flexibility index (Phi) is 5.88. The number of nitrogens with one attached hydrogen (secondary N) is 4. The minimum absolute atomic E-state index is 0.237. The van der Waals surface area contributed by atoms with Gasteiger partial charge in [-0.05, 0) is 62.3 Å². The summed E-state index contributed by atoms with van der Waals surface area (Å²) in [5, 5.41) is 7.23. The average Bonchev–Trinajstić information content (AvgIpc) is 3.05. The number of thiazole rings is 1. The fourth-order valence-corrected chi connectivity index (χ4v) is 3.57. The average molecular weight is 400 g/mol. The Bertz CT molecular complexity index is 952. The summed E-state index contributed by atoms with van der Waals surface area (Å²) in [6.07, 6.45) is 0. The van der Waals surface area contributed by atoms with Crippen molar-refractivity contribution >= 4 is 55.6 Å². The Hall–Kier alpha value is -2.71. The molecule has 0 radical (unpaired) electrons. The minimum Gasteiger partial charge on any atom is -0.350 e. The van der Waals surface area contributed by atoms with Gasteiger partial charge in [0.1, 0.15) is 6.04 Å². The molecule has 0 aliphatic rings. The number of amides is 1. The van der Waals surface area contributed by atoms with Crippen LogP contribution < -0.4 is 21.5 Å². The molecule has 1 aromatic heterocycles. The van der Waals surface area contributed by atoms with Crippen molar-refractivity contribution in [3.8, 4) is 0 Å². The van der Waals surface area contributed by atoms with E-state index >= 15 is 0 Å². The number of hydrogen-bond acceptors (Lipinski definition) is 5. The Morgan fingerprint density at radius 1 is 1.11 bits per heavy atom. The smallest absolute Gasteiger partial charge is 0.260 e. The summed E-state index contributed by atoms with van der Waals surface area (Å²) in [4.78, 5) is 16.8. The number of anilines is 2. The number of para-hydroxylation sites is 1. The molecular formula is C19H21N5OS2. The molecule has 0 unspecified atom stereocenters. The Labute approximate surface area is 167 Å². The van der Waals surface area contributed by atoms with Crippen LogP contribution in [0.25, 0.3) is 10.2 Å². The number of thiocarbonyl (C=S) groups is 1. The summed E-state index contributed by atoms with van der Waals surface area (Å²) in [5.74, 6) is -0.237. The second-order valence-corrected chi connectivity index (χ2v) is 7.61. The minimum atomic E-state index is -0.471. The van der Waals surface area contributed by atoms with Crippen LogP contribution in [0.5, 0.6) is 0 Å². The number of aryl methyl sites for hydroxylation is 1. The van der Waals surface area contributed by atoms with Crippen LogP contribution in [0, 0.1) is 13.8 Å². The molecule has 8 heteroatoms. The van der Waals surface area contributed by atoms with E-state index < -0.39 is 6.04 Å². The van der Waals surface area contributed by atoms with Gasteiger partial charge in [-0.2, -0.15) is 0 Å². The maximum absolute atomic E-state index is 12.3. The summed E-state index contributed by atoms with van der Waals surface area (Å²) in [7, 11) is 0. The van der Waals surface area contributed by atoms with Gasteiger partial charge in [-0.1, -0.05) is 35.6 Å². The SMILES string of the molecule is Cc1cccc(NC(=S)NNC(=O)[C@H](C)Nc2nc3ccccc3s2)c1C. The third kappa shape index (κ3) is 4.72. The number of benzene rings is 2. The zero-order chi connectivity index (χ0) is 19.4. The van der Waals surface area contributed by atoms with Crippen molar-refractivity contribution in [2.24, 2.45) is 0 Å². The van der Waals surface area contributed by atoms with Crippen molar-refractivity contribution in [1.29, 1.82) is 0 Å². The van der Waals surface area contributed by atoms with Crippen molar-refractivity contribution in [1.82, 2.24) is 15.8 Å². The molecule has 0 fully saturated rings. The highest BCUT2D eigenvalue weighted by molar-refractivity contribution is 7.80. The number of nitrogens with zero attached hydrogens (tertiary/aromatic N) is 1. The molecular weight excluding hydrogens is 378 g/mol. The summed E-state index contributed by atoms with van der Waals surface area (Å²) in [6, 6.07) is 13.3. The van der Waals surface area contributed by atoms with E-state index in [4.69, 9.17) is 12.2 Å². The van der Waals surface area contributed by atoms with Crippen LogP contribution in [0.1, 0.15) is 18.1 Å². The summed E-state index contributed by atoms with van der Waals surface area (Å²) in [6.45, 7) is 5.82. The van der Waals surface area contributed by atoms with Crippen molar-refractivity contribution in [3.05, 3.63) is 53.6 Å². The van der Waals surface area contributed by atoms with E-state index in [1.54, 1.807) is 6.92 Å². The van der Waals surface area contributed by atoms with E-state index in [0.29, 0.717) is 10.2 Å². The van der Waals surface area contributed by atoms with Gasteiger partial charge in [0.25, 0.3) is 5.91 Å². The quantitative estimate of drug-likeness (QED) is 0.396. The standard InChI is InChI=1S/C19H21N5OS2/c1-11-7-6-9-14(12(11)2)21-18(26)24-23-17(25)13(3)20-19-22-15-8-4-5-10-16(15)27-19/h4-10,13H,1-3H3,(H,20,22)(H,23,25)(H2,21,24,26)/t13-/m0/s1. The van der Waals surface area contributed by atoms with E-state index in [9.17, 15) is 4.79 Å². The molecule has 1 atom stereocenters. The molecule has 0 bridgehead atoms. The first-order chi connectivity index (χ1) is 12.9. The van der Waals surface area contributed by atoms with E-state index in [1.807, 2.05) is 56.3 Å². The molecule has 3 aromatic rings. The molecule has 0 saturated heterocycles. The third-order valence-electron chi connectivity index (χ3n) is 4.18. The second kappa shape index (κ2) is 8.32. The zero-order valence-corrected chi connectivity index (χ0v) is 16.9. The van der Waals surface area contributed by atoms with Gasteiger partial charge in [-0.25, -0.2) is 4.98 Å². The highest BCUT2D eigenvalue weighted by Gasteiger charge is 2.15. The van der Waals surface area contributed by atoms with Crippen LogP contribution in [0.3, 0.4) is 0 Å². The summed E-state index contributed by atoms with van der Waals surface area (Å²) < 4.78 is 1.07. The van der Waals surface area contributed by atoms with Crippen molar-refractivity contribution < 1.29 is 4.79 Å². The second-order valence-electron chi connectivity index (χ2n) is 6.17. The first kappa shape index (κ1) is 19.1. The van der Waals surface area contributed by atoms with Crippen LogP contribution in [0.15, 0.2) is 42.5 Å². The zero-order valence-electron chi connectivity index (χ0n) is 15.3. The maximum atomic E-state index is 12.3. The van der Waals surface area contributed by atoms with Gasteiger partial charge in [0.15, 0.2) is 10.2 Å². The molecule has 4 N–H and O–H groups in total. The van der Waals surface area contributed by atoms with Crippen molar-refractivity contribution in [2.45, 2.75) is 26.8 Å². The molecule has 0 spiro atoms. The molecule has 2 aromatic carbocycles. The molecule has 1 amide bonds. The number of fused-ring (bicyclic) bond motifs is 1. The molecule has 27 heavy (non-hydrogen) atoms. The number of hydrazine groups is 1. The summed E-state index contributed by atoms with van der Waals surface area (Å²) in [5.41, 5.74) is 9.44. The lowest BCUT2D eigenvalue weighted by atomic mass is 10.1. The van der Waals surface area contributed by atoms with E-state index in [2.05, 4.69) is 26.5 Å². The maximum Gasteiger partial charge on any atom is 0.260 e. The fourth-order valence-electron chi connectivity index (χ4n) is 2.45. The Balaban J connectivity index is 1.52. The number of carbonyl (C=O) groups is 1. The van der Waals surface area contributed by atoms with Gasteiger partial charge in [0.05, 0.1) is 10.2 Å². The molecule has 0 saturated carbocycles. The normalized spacial score (nSPS) is 11.7. The first-order valence-electron chi connectivity index (χ1n) is 8.49. The lowest BCUT2D eigenvalue weighted by Crippen LogP contribution is -2.49. The van der Waals surface area contributed by atoms with Crippen LogP contribution >= 0.6 is 23.6 Å². The number of rotatable bonds is 4. The molecule has 0 aliphatic carbocycles. The number of aromatic nitrogens is 1. The predicted octanol–water partition coefficient (Wildman–Crippen LogP) is 3.73. The largest absolute Gasteiger partial charge is 0.350 e. The molecule has 140 valence electrons. The first-order valence-corrected chi connectivity index (χ1v) is 9.71. The van der Waals surface area contributed by atoms with Crippen LogP contribution in [0.2, 0.25) is 0 Å². The predicted molar refractivity (Wildman–Crippen MR) is 116 cm³/mol. The monoisotopic (exact) mass is 399 g/mol. The van der Waals surface area contributed by atoms with Gasteiger partial charge < -0.3 is 10.6 Å². The van der Waals surface area contributed by atoms with Crippen LogP contribution in [-0.2, 0) is 4.79 Å². The highest BCUT2D eigenvalue weighted by atomic mass is 32.1. The molecule has 6 nitrogen and oxygen atoms in total. The van der Waals surface area contributed by atoms with Crippen LogP contribution in [0.4, 0.5) is 10.8 Å². The van der Waals surface area contributed by atoms with Gasteiger partial charge in [-0.3, -0.25) is 15.6 Å². The van der Waals surface area contributed by atoms with Gasteiger partial charge >= 0.3 is 0 Å². The topological polar surface area (TPSA) is 78.1 Å². The third-order valence-corrected chi connectivity index (χ3v) is 5.35. The summed E-state index contributed by atoms with van der Waals surface area (Å²) >= 11 is 6.76. The lowest BCUT2D eigenvalue weighted by molar-refractivity contribution is -0.122. The van der Waals surface area contributed by atoms with E-state index in [-0.39, 0.29) is 5.91 Å². The van der Waals surface area contributed by atoms with Gasteiger partial charge in [0.2, 0.25) is 0 Å². The van der Waals surface area contributed by atoms with Gasteiger partial charge in [-0.15, -0.1) is 0 Å². The van der Waals surface area contributed by atoms with E-state index in [1.165, 1.54) is 16.9 Å².